The second kappa shape index (κ2) is 12.6. The maximum atomic E-state index is 12.8. The Balaban J connectivity index is 0.00000141. The first-order valence-electron chi connectivity index (χ1n) is 9.18. The smallest absolute Gasteiger partial charge is 0.317 e. The van der Waals surface area contributed by atoms with Crippen LogP contribution in [0.4, 0.5) is 13.2 Å². The zero-order valence-corrected chi connectivity index (χ0v) is 17.5. The highest BCUT2D eigenvalue weighted by Crippen LogP contribution is 2.32. The number of hydrogen-bond donors (Lipinski definition) is 1. The van der Waals surface area contributed by atoms with Crippen molar-refractivity contribution in [3.8, 4) is 0 Å². The summed E-state index contributed by atoms with van der Waals surface area (Å²) < 4.78 is 38.3. The minimum absolute atomic E-state index is 0.254. The number of alkyl halides is 3. The van der Waals surface area contributed by atoms with Crippen LogP contribution in [0.1, 0.15) is 47.5 Å². The Hall–Kier alpha value is -0.780. The molecule has 0 aromatic rings. The molecule has 0 aliphatic carbocycles. The van der Waals surface area contributed by atoms with Crippen molar-refractivity contribution in [3.63, 3.8) is 0 Å². The van der Waals surface area contributed by atoms with Gasteiger partial charge >= 0.3 is 6.18 Å². The molecule has 0 unspecified atom stereocenters. The fraction of sp³-hybridized carbons (Fsp3) is 0.700. The highest BCUT2D eigenvalue weighted by atomic mass is 35.5. The summed E-state index contributed by atoms with van der Waals surface area (Å²) in [6.07, 6.45) is 1.59. The van der Waals surface area contributed by atoms with Gasteiger partial charge in [0.1, 0.15) is 0 Å². The zero-order valence-electron chi connectivity index (χ0n) is 16.7. The molecule has 0 aromatic heterocycles. The van der Waals surface area contributed by atoms with Crippen molar-refractivity contribution in [2.24, 2.45) is 5.92 Å². The number of nitrogens with one attached hydrogen (secondary N) is 1. The van der Waals surface area contributed by atoms with E-state index in [9.17, 15) is 13.2 Å². The Labute approximate surface area is 162 Å². The van der Waals surface area contributed by atoms with Crippen LogP contribution in [0.2, 0.25) is 0 Å². The van der Waals surface area contributed by atoms with E-state index in [0.29, 0.717) is 24.1 Å². The van der Waals surface area contributed by atoms with E-state index < -0.39 is 11.7 Å². The van der Waals surface area contributed by atoms with Gasteiger partial charge in [-0.25, -0.2) is 0 Å². The van der Waals surface area contributed by atoms with Crippen molar-refractivity contribution in [1.29, 1.82) is 0 Å². The molecule has 0 amide bonds. The Morgan fingerprint density at radius 2 is 1.73 bits per heavy atom. The maximum Gasteiger partial charge on any atom is 0.413 e. The lowest BCUT2D eigenvalue weighted by atomic mass is 10.0. The molecule has 0 aromatic carbocycles. The van der Waals surface area contributed by atoms with Crippen LogP contribution in [-0.2, 0) is 0 Å². The molecule has 26 heavy (non-hydrogen) atoms. The summed E-state index contributed by atoms with van der Waals surface area (Å²) >= 11 is 5.91. The normalized spacial score (nSPS) is 17.3. The predicted molar refractivity (Wildman–Crippen MR) is 107 cm³/mol. The van der Waals surface area contributed by atoms with Gasteiger partial charge in [-0.15, -0.1) is 0 Å². The lowest BCUT2D eigenvalue weighted by Crippen LogP contribution is -2.45. The molecule has 0 saturated carbocycles. The highest BCUT2D eigenvalue weighted by Gasteiger charge is 2.33. The molecule has 6 heteroatoms. The van der Waals surface area contributed by atoms with Crippen molar-refractivity contribution in [2.75, 3.05) is 26.2 Å². The van der Waals surface area contributed by atoms with E-state index in [2.05, 4.69) is 30.6 Å². The van der Waals surface area contributed by atoms with Gasteiger partial charge in [-0.2, -0.15) is 13.2 Å². The van der Waals surface area contributed by atoms with Crippen LogP contribution in [-0.4, -0.2) is 43.3 Å². The Kier molecular flexibility index (Phi) is 12.2. The molecule has 152 valence electrons. The first-order valence-corrected chi connectivity index (χ1v) is 9.56. The van der Waals surface area contributed by atoms with Crippen molar-refractivity contribution in [2.45, 2.75) is 59.7 Å². The number of piperidine rings is 1. The standard InChI is InChI=1S/C16H26ClF3N2.C4H8/c1-11(2)9-22(14-5-7-21-8-6-14)10-12(3)15(17)13(4)16(18,19)20;1-3-4-2/h11,14,21H,3,5-10H2,1-2,4H3;3-4H,1-2H3/b15-13-;4-3-. The van der Waals surface area contributed by atoms with Crippen LogP contribution in [0.3, 0.4) is 0 Å². The Morgan fingerprint density at radius 3 is 2.12 bits per heavy atom. The topological polar surface area (TPSA) is 15.3 Å². The van der Waals surface area contributed by atoms with E-state index in [0.717, 1.165) is 39.4 Å². The lowest BCUT2D eigenvalue weighted by molar-refractivity contribution is -0.0916. The first kappa shape index (κ1) is 25.2. The van der Waals surface area contributed by atoms with Crippen LogP contribution in [0.15, 0.2) is 34.9 Å². The summed E-state index contributed by atoms with van der Waals surface area (Å²) in [6.45, 7) is 16.1. The zero-order chi connectivity index (χ0) is 20.3. The molecule has 1 rings (SSSR count). The van der Waals surface area contributed by atoms with Gasteiger partial charge in [-0.05, 0) is 58.2 Å². The van der Waals surface area contributed by atoms with Crippen LogP contribution >= 0.6 is 11.6 Å². The monoisotopic (exact) mass is 394 g/mol. The van der Waals surface area contributed by atoms with Gasteiger partial charge in [0.05, 0.1) is 5.03 Å². The number of nitrogens with zero attached hydrogens (tertiary/aromatic N) is 1. The molecule has 1 saturated heterocycles. The second-order valence-electron chi connectivity index (χ2n) is 7.01. The number of halogens is 4. The fourth-order valence-corrected chi connectivity index (χ4v) is 2.85. The summed E-state index contributed by atoms with van der Waals surface area (Å²) in [7, 11) is 0. The summed E-state index contributed by atoms with van der Waals surface area (Å²) in [4.78, 5) is 2.22. The largest absolute Gasteiger partial charge is 0.413 e. The van der Waals surface area contributed by atoms with E-state index >= 15 is 0 Å². The van der Waals surface area contributed by atoms with Crippen LogP contribution < -0.4 is 5.32 Å². The van der Waals surface area contributed by atoms with Crippen molar-refractivity contribution in [1.82, 2.24) is 10.2 Å². The van der Waals surface area contributed by atoms with Gasteiger partial charge in [0.2, 0.25) is 0 Å². The van der Waals surface area contributed by atoms with Crippen LogP contribution in [0.25, 0.3) is 0 Å². The Bertz CT molecular complexity index is 472. The van der Waals surface area contributed by atoms with E-state index in [-0.39, 0.29) is 5.03 Å². The summed E-state index contributed by atoms with van der Waals surface area (Å²) in [6, 6.07) is 0.371. The van der Waals surface area contributed by atoms with Gasteiger partial charge in [-0.1, -0.05) is 44.2 Å². The molecule has 0 radical (unpaired) electrons. The third-order valence-corrected chi connectivity index (χ3v) is 4.77. The first-order chi connectivity index (χ1) is 12.0. The SMILES string of the molecule is C/C=C\C.C=C(CN(CC(C)C)C1CCNCC1)/C(Cl)=C(\C)C(F)(F)F. The third kappa shape index (κ3) is 9.79. The number of rotatable bonds is 6. The Morgan fingerprint density at radius 1 is 1.23 bits per heavy atom. The molecular weight excluding hydrogens is 361 g/mol. The van der Waals surface area contributed by atoms with Crippen molar-refractivity contribution < 1.29 is 13.2 Å². The van der Waals surface area contributed by atoms with E-state index in [1.165, 1.54) is 0 Å². The highest BCUT2D eigenvalue weighted by molar-refractivity contribution is 6.32. The number of hydrogen-bond acceptors (Lipinski definition) is 2. The molecule has 1 aliphatic heterocycles. The molecule has 1 fully saturated rings. The van der Waals surface area contributed by atoms with Gasteiger partial charge in [0.25, 0.3) is 0 Å². The summed E-state index contributed by atoms with van der Waals surface area (Å²) in [5.41, 5.74) is -0.426. The lowest BCUT2D eigenvalue weighted by Gasteiger charge is -2.36. The molecule has 2 nitrogen and oxygen atoms in total. The second-order valence-corrected chi connectivity index (χ2v) is 7.39. The molecular formula is C20H34ClF3N2. The molecule has 1 N–H and O–H groups in total. The minimum atomic E-state index is -4.41. The minimum Gasteiger partial charge on any atom is -0.317 e. The predicted octanol–water partition coefficient (Wildman–Crippen LogP) is 5.91. The van der Waals surface area contributed by atoms with Crippen molar-refractivity contribution >= 4 is 11.6 Å². The molecule has 0 spiro atoms. The van der Waals surface area contributed by atoms with Gasteiger partial charge in [-0.3, -0.25) is 4.90 Å². The average molecular weight is 395 g/mol. The molecule has 0 bridgehead atoms. The van der Waals surface area contributed by atoms with E-state index in [1.54, 1.807) is 0 Å². The van der Waals surface area contributed by atoms with Gasteiger partial charge < -0.3 is 5.32 Å². The summed E-state index contributed by atoms with van der Waals surface area (Å²) in [5.74, 6) is 0.439. The van der Waals surface area contributed by atoms with Crippen LogP contribution in [0, 0.1) is 5.92 Å². The van der Waals surface area contributed by atoms with Gasteiger partial charge in [0, 0.05) is 24.7 Å². The average Bonchev–Trinajstić information content (AvgIpc) is 2.59. The van der Waals surface area contributed by atoms with Crippen molar-refractivity contribution in [3.05, 3.63) is 34.9 Å². The quantitative estimate of drug-likeness (QED) is 0.445. The maximum absolute atomic E-state index is 12.8. The summed E-state index contributed by atoms with van der Waals surface area (Å²) in [5, 5.41) is 3.05. The van der Waals surface area contributed by atoms with Crippen LogP contribution in [0.5, 0.6) is 0 Å². The third-order valence-electron chi connectivity index (χ3n) is 4.22. The van der Waals surface area contributed by atoms with E-state index in [1.807, 2.05) is 26.0 Å². The number of allylic oxidation sites excluding steroid dienone is 3. The molecule has 1 heterocycles. The molecule has 0 atom stereocenters. The fourth-order valence-electron chi connectivity index (χ4n) is 2.69. The van der Waals surface area contributed by atoms with Gasteiger partial charge in [0.15, 0.2) is 0 Å². The van der Waals surface area contributed by atoms with E-state index in [4.69, 9.17) is 11.6 Å². The molecule has 1 aliphatic rings.